The standard InChI is InChI=1S/C21H19N3O6/c25-19(13-5-7-15(8-6-13)24(28)29)17-18(14-3-1-9-22-11-14)23(21(27)20(17)26)12-16-4-2-10-30-16/h1,3,5-9,11,16,18,25H,2,4,10,12H2/b19-17-. The predicted octanol–water partition coefficient (Wildman–Crippen LogP) is 2.59. The third-order valence-electron chi connectivity index (χ3n) is 5.32. The number of rotatable bonds is 5. The Bertz CT molecular complexity index is 1010. The van der Waals surface area contributed by atoms with E-state index in [2.05, 4.69) is 4.98 Å². The molecule has 2 saturated heterocycles. The second-order valence-electron chi connectivity index (χ2n) is 7.18. The van der Waals surface area contributed by atoms with Gasteiger partial charge in [0.05, 0.1) is 22.6 Å². The fourth-order valence-corrected chi connectivity index (χ4v) is 3.86. The van der Waals surface area contributed by atoms with E-state index in [9.17, 15) is 24.8 Å². The maximum Gasteiger partial charge on any atom is 0.295 e. The SMILES string of the molecule is O=C1C(=O)N(CC2CCCO2)C(c2cccnc2)/C1=C(/O)c1ccc([N+](=O)[O-])cc1. The molecule has 4 rings (SSSR count). The van der Waals surface area contributed by atoms with Gasteiger partial charge in [-0.2, -0.15) is 0 Å². The molecule has 2 atom stereocenters. The summed E-state index contributed by atoms with van der Waals surface area (Å²) in [5.41, 5.74) is 0.580. The molecule has 0 spiro atoms. The molecule has 2 fully saturated rings. The normalized spacial score (nSPS) is 23.1. The van der Waals surface area contributed by atoms with Crippen molar-refractivity contribution in [2.45, 2.75) is 25.0 Å². The number of aromatic nitrogens is 1. The number of amides is 1. The molecule has 1 N–H and O–H groups in total. The average molecular weight is 409 g/mol. The molecular formula is C21H19N3O6. The second-order valence-corrected chi connectivity index (χ2v) is 7.18. The number of aliphatic hydroxyl groups excluding tert-OH is 1. The molecule has 0 aliphatic carbocycles. The first-order valence-electron chi connectivity index (χ1n) is 9.52. The lowest BCUT2D eigenvalue weighted by atomic mass is 9.96. The monoisotopic (exact) mass is 409 g/mol. The lowest BCUT2D eigenvalue weighted by molar-refractivity contribution is -0.384. The number of ketones is 1. The maximum absolute atomic E-state index is 12.9. The Morgan fingerprint density at radius 2 is 2.03 bits per heavy atom. The van der Waals surface area contributed by atoms with E-state index in [-0.39, 0.29) is 35.2 Å². The highest BCUT2D eigenvalue weighted by Crippen LogP contribution is 2.39. The Balaban J connectivity index is 1.79. The largest absolute Gasteiger partial charge is 0.507 e. The van der Waals surface area contributed by atoms with Crippen LogP contribution in [0.4, 0.5) is 5.69 Å². The van der Waals surface area contributed by atoms with Gasteiger partial charge in [-0.15, -0.1) is 0 Å². The van der Waals surface area contributed by atoms with E-state index in [1.807, 2.05) is 0 Å². The number of carbonyl (C=O) groups excluding carboxylic acids is 2. The minimum Gasteiger partial charge on any atom is -0.507 e. The molecule has 2 aliphatic rings. The maximum atomic E-state index is 12.9. The summed E-state index contributed by atoms with van der Waals surface area (Å²) < 4.78 is 5.64. The molecule has 1 aromatic carbocycles. The van der Waals surface area contributed by atoms with Gasteiger partial charge in [-0.25, -0.2) is 0 Å². The summed E-state index contributed by atoms with van der Waals surface area (Å²) in [5.74, 6) is -1.91. The van der Waals surface area contributed by atoms with Crippen LogP contribution in [0.3, 0.4) is 0 Å². The number of nitro benzene ring substituents is 1. The zero-order valence-electron chi connectivity index (χ0n) is 15.9. The van der Waals surface area contributed by atoms with Crippen LogP contribution in [-0.2, 0) is 14.3 Å². The van der Waals surface area contributed by atoms with Crippen LogP contribution in [0.15, 0.2) is 54.4 Å². The van der Waals surface area contributed by atoms with Gasteiger partial charge < -0.3 is 14.7 Å². The summed E-state index contributed by atoms with van der Waals surface area (Å²) in [7, 11) is 0. The lowest BCUT2D eigenvalue weighted by Gasteiger charge is -2.27. The Kier molecular flexibility index (Phi) is 5.28. The van der Waals surface area contributed by atoms with Gasteiger partial charge in [0.1, 0.15) is 5.76 Å². The highest BCUT2D eigenvalue weighted by atomic mass is 16.6. The summed E-state index contributed by atoms with van der Waals surface area (Å²) in [4.78, 5) is 41.5. The van der Waals surface area contributed by atoms with Crippen molar-refractivity contribution in [3.63, 3.8) is 0 Å². The summed E-state index contributed by atoms with van der Waals surface area (Å²) in [6, 6.07) is 7.76. The summed E-state index contributed by atoms with van der Waals surface area (Å²) in [6.07, 6.45) is 4.61. The van der Waals surface area contributed by atoms with Crippen LogP contribution in [0.2, 0.25) is 0 Å². The third kappa shape index (κ3) is 3.55. The van der Waals surface area contributed by atoms with Gasteiger partial charge in [0.25, 0.3) is 17.4 Å². The number of likely N-dealkylation sites (tertiary alicyclic amines) is 1. The van der Waals surface area contributed by atoms with E-state index in [0.717, 1.165) is 12.8 Å². The molecule has 9 heteroatoms. The zero-order valence-corrected chi connectivity index (χ0v) is 15.9. The average Bonchev–Trinajstić information content (AvgIpc) is 3.36. The quantitative estimate of drug-likeness (QED) is 0.265. The number of hydrogen-bond acceptors (Lipinski definition) is 7. The van der Waals surface area contributed by atoms with E-state index < -0.39 is 22.7 Å². The molecule has 9 nitrogen and oxygen atoms in total. The summed E-state index contributed by atoms with van der Waals surface area (Å²) in [6.45, 7) is 0.829. The van der Waals surface area contributed by atoms with E-state index in [1.54, 1.807) is 24.5 Å². The van der Waals surface area contributed by atoms with Crippen molar-refractivity contribution in [2.75, 3.05) is 13.2 Å². The first kappa shape index (κ1) is 19.7. The molecular weight excluding hydrogens is 390 g/mol. The van der Waals surface area contributed by atoms with E-state index in [0.29, 0.717) is 12.2 Å². The van der Waals surface area contributed by atoms with Gasteiger partial charge in [0, 0.05) is 43.2 Å². The Labute approximate surface area is 171 Å². The molecule has 154 valence electrons. The number of Topliss-reactive ketones (excluding diaryl/α,β-unsaturated/α-hetero) is 1. The van der Waals surface area contributed by atoms with Crippen LogP contribution in [0.5, 0.6) is 0 Å². The fourth-order valence-electron chi connectivity index (χ4n) is 3.86. The van der Waals surface area contributed by atoms with Crippen molar-refractivity contribution in [3.8, 4) is 0 Å². The van der Waals surface area contributed by atoms with Gasteiger partial charge in [-0.3, -0.25) is 24.7 Å². The Morgan fingerprint density at radius 3 is 2.63 bits per heavy atom. The van der Waals surface area contributed by atoms with Crippen LogP contribution in [0, 0.1) is 10.1 Å². The van der Waals surface area contributed by atoms with Gasteiger partial charge >= 0.3 is 0 Å². The van der Waals surface area contributed by atoms with E-state index >= 15 is 0 Å². The van der Waals surface area contributed by atoms with Crippen LogP contribution >= 0.6 is 0 Å². The van der Waals surface area contributed by atoms with Crippen molar-refractivity contribution in [1.82, 2.24) is 9.88 Å². The molecule has 30 heavy (non-hydrogen) atoms. The first-order chi connectivity index (χ1) is 14.5. The van der Waals surface area contributed by atoms with Gasteiger partial charge in [-0.1, -0.05) is 6.07 Å². The number of nitrogens with zero attached hydrogens (tertiary/aromatic N) is 3. The molecule has 1 aromatic heterocycles. The molecule has 0 radical (unpaired) electrons. The molecule has 0 bridgehead atoms. The van der Waals surface area contributed by atoms with Gasteiger partial charge in [0.15, 0.2) is 0 Å². The van der Waals surface area contributed by atoms with Crippen LogP contribution in [0.1, 0.15) is 30.0 Å². The molecule has 2 aromatic rings. The smallest absolute Gasteiger partial charge is 0.295 e. The Morgan fingerprint density at radius 1 is 1.27 bits per heavy atom. The number of aliphatic hydroxyl groups is 1. The van der Waals surface area contributed by atoms with Crippen LogP contribution < -0.4 is 0 Å². The summed E-state index contributed by atoms with van der Waals surface area (Å²) in [5, 5.41) is 21.8. The number of non-ortho nitro benzene ring substituents is 1. The number of hydrogen-bond donors (Lipinski definition) is 1. The molecule has 2 unspecified atom stereocenters. The molecule has 0 saturated carbocycles. The minimum absolute atomic E-state index is 0.0696. The predicted molar refractivity (Wildman–Crippen MR) is 105 cm³/mol. The van der Waals surface area contributed by atoms with Crippen molar-refractivity contribution in [1.29, 1.82) is 0 Å². The molecule has 2 aliphatic heterocycles. The minimum atomic E-state index is -0.821. The van der Waals surface area contributed by atoms with Crippen LogP contribution in [0.25, 0.3) is 5.76 Å². The Hall–Kier alpha value is -3.59. The van der Waals surface area contributed by atoms with Crippen LogP contribution in [-0.4, -0.2) is 50.9 Å². The fraction of sp³-hybridized carbons (Fsp3) is 0.286. The van der Waals surface area contributed by atoms with Crippen molar-refractivity contribution < 1.29 is 24.4 Å². The van der Waals surface area contributed by atoms with Crippen molar-refractivity contribution >= 4 is 23.1 Å². The summed E-state index contributed by atoms with van der Waals surface area (Å²) >= 11 is 0. The van der Waals surface area contributed by atoms with Gasteiger partial charge in [-0.05, 0) is 36.6 Å². The number of carbonyl (C=O) groups is 2. The van der Waals surface area contributed by atoms with E-state index in [4.69, 9.17) is 4.74 Å². The third-order valence-corrected chi connectivity index (χ3v) is 5.32. The number of nitro groups is 1. The van der Waals surface area contributed by atoms with Crippen molar-refractivity contribution in [3.05, 3.63) is 75.6 Å². The molecule has 3 heterocycles. The number of benzene rings is 1. The lowest BCUT2D eigenvalue weighted by Crippen LogP contribution is -2.36. The van der Waals surface area contributed by atoms with Gasteiger partial charge in [0.2, 0.25) is 0 Å². The van der Waals surface area contributed by atoms with Crippen molar-refractivity contribution in [2.24, 2.45) is 0 Å². The first-order valence-corrected chi connectivity index (χ1v) is 9.52. The van der Waals surface area contributed by atoms with E-state index in [1.165, 1.54) is 29.2 Å². The number of pyridine rings is 1. The second kappa shape index (κ2) is 8.03. The topological polar surface area (TPSA) is 123 Å². The highest BCUT2D eigenvalue weighted by molar-refractivity contribution is 6.46. The molecule has 1 amide bonds. The highest BCUT2D eigenvalue weighted by Gasteiger charge is 2.47. The zero-order chi connectivity index (χ0) is 21.3. The number of ether oxygens (including phenoxy) is 1.